The number of rotatable bonds is 5. The summed E-state index contributed by atoms with van der Waals surface area (Å²) < 4.78 is 0. The van der Waals surface area contributed by atoms with Crippen LogP contribution >= 0.6 is 0 Å². The first-order valence-electron chi connectivity index (χ1n) is 7.16. The molecule has 1 atom stereocenters. The lowest BCUT2D eigenvalue weighted by Gasteiger charge is -2.29. The molecule has 0 aliphatic heterocycles. The Morgan fingerprint density at radius 2 is 2.00 bits per heavy atom. The van der Waals surface area contributed by atoms with Crippen molar-refractivity contribution in [3.63, 3.8) is 0 Å². The standard InChI is InChI=1S/C18H19NO/c19-16-6-3-4-13(10-16)8-9-17(20)12-15-11-14-5-1-2-7-18(14)15/h1-7,10,15H,8-9,11-12,19H2. The number of ketones is 1. The lowest BCUT2D eigenvalue weighted by atomic mass is 9.75. The van der Waals surface area contributed by atoms with Crippen LogP contribution in [0.5, 0.6) is 0 Å². The van der Waals surface area contributed by atoms with E-state index in [1.54, 1.807) is 0 Å². The lowest BCUT2D eigenvalue weighted by Crippen LogP contribution is -2.20. The minimum absolute atomic E-state index is 0.354. The van der Waals surface area contributed by atoms with Crippen LogP contribution in [0.1, 0.15) is 35.4 Å². The van der Waals surface area contributed by atoms with E-state index in [0.29, 0.717) is 24.5 Å². The number of benzene rings is 2. The highest BCUT2D eigenvalue weighted by Crippen LogP contribution is 2.37. The van der Waals surface area contributed by atoms with Gasteiger partial charge in [-0.3, -0.25) is 4.79 Å². The van der Waals surface area contributed by atoms with Gasteiger partial charge in [-0.1, -0.05) is 36.4 Å². The van der Waals surface area contributed by atoms with E-state index >= 15 is 0 Å². The van der Waals surface area contributed by atoms with Crippen LogP contribution in [0.4, 0.5) is 5.69 Å². The van der Waals surface area contributed by atoms with E-state index in [-0.39, 0.29) is 0 Å². The molecule has 0 aromatic heterocycles. The van der Waals surface area contributed by atoms with E-state index in [0.717, 1.165) is 24.1 Å². The van der Waals surface area contributed by atoms with Crippen LogP contribution < -0.4 is 5.73 Å². The topological polar surface area (TPSA) is 43.1 Å². The van der Waals surface area contributed by atoms with Gasteiger partial charge < -0.3 is 5.73 Å². The van der Waals surface area contributed by atoms with E-state index in [9.17, 15) is 4.79 Å². The van der Waals surface area contributed by atoms with Gasteiger partial charge in [-0.05, 0) is 47.6 Å². The average Bonchev–Trinajstić information content (AvgIpc) is 2.43. The van der Waals surface area contributed by atoms with Gasteiger partial charge in [0.25, 0.3) is 0 Å². The molecule has 2 N–H and O–H groups in total. The second kappa shape index (κ2) is 5.49. The average molecular weight is 265 g/mol. The highest BCUT2D eigenvalue weighted by molar-refractivity contribution is 5.80. The SMILES string of the molecule is Nc1cccc(CCC(=O)CC2Cc3ccccc32)c1. The molecule has 0 radical (unpaired) electrons. The Balaban J connectivity index is 1.52. The zero-order valence-corrected chi connectivity index (χ0v) is 11.5. The van der Waals surface area contributed by atoms with Gasteiger partial charge in [0, 0.05) is 18.5 Å². The van der Waals surface area contributed by atoms with Crippen molar-refractivity contribution in [2.75, 3.05) is 5.73 Å². The van der Waals surface area contributed by atoms with Gasteiger partial charge in [-0.25, -0.2) is 0 Å². The molecule has 102 valence electrons. The number of anilines is 1. The molecule has 0 amide bonds. The number of hydrogen-bond acceptors (Lipinski definition) is 2. The van der Waals surface area contributed by atoms with Crippen molar-refractivity contribution in [2.45, 2.75) is 31.6 Å². The minimum Gasteiger partial charge on any atom is -0.399 e. The third kappa shape index (κ3) is 2.74. The molecule has 0 saturated carbocycles. The van der Waals surface area contributed by atoms with Crippen molar-refractivity contribution in [2.24, 2.45) is 0 Å². The van der Waals surface area contributed by atoms with E-state index in [2.05, 4.69) is 24.3 Å². The fraction of sp³-hybridized carbons (Fsp3) is 0.278. The van der Waals surface area contributed by atoms with Gasteiger partial charge in [0.05, 0.1) is 0 Å². The van der Waals surface area contributed by atoms with Gasteiger partial charge in [0.1, 0.15) is 5.78 Å². The Morgan fingerprint density at radius 1 is 1.15 bits per heavy atom. The molecule has 1 aliphatic carbocycles. The summed E-state index contributed by atoms with van der Waals surface area (Å²) in [6.45, 7) is 0. The molecule has 0 saturated heterocycles. The predicted molar refractivity (Wildman–Crippen MR) is 81.7 cm³/mol. The highest BCUT2D eigenvalue weighted by Gasteiger charge is 2.26. The number of nitrogen functional groups attached to an aromatic ring is 1. The van der Waals surface area contributed by atoms with E-state index in [1.807, 2.05) is 24.3 Å². The van der Waals surface area contributed by atoms with Crippen LogP contribution in [0.3, 0.4) is 0 Å². The number of aryl methyl sites for hydroxylation is 1. The third-order valence-electron chi connectivity index (χ3n) is 4.08. The number of hydrogen-bond donors (Lipinski definition) is 1. The van der Waals surface area contributed by atoms with Gasteiger partial charge in [0.15, 0.2) is 0 Å². The van der Waals surface area contributed by atoms with Crippen LogP contribution in [0.2, 0.25) is 0 Å². The first-order chi connectivity index (χ1) is 9.72. The second-order valence-electron chi connectivity index (χ2n) is 5.59. The molecule has 1 unspecified atom stereocenters. The normalized spacial score (nSPS) is 16.3. The van der Waals surface area contributed by atoms with Crippen molar-refractivity contribution >= 4 is 11.5 Å². The Kier molecular flexibility index (Phi) is 3.55. The molecule has 0 spiro atoms. The first kappa shape index (κ1) is 12.9. The maximum atomic E-state index is 12.1. The Bertz CT molecular complexity index is 633. The molecule has 20 heavy (non-hydrogen) atoms. The highest BCUT2D eigenvalue weighted by atomic mass is 16.1. The molecule has 0 heterocycles. The first-order valence-corrected chi connectivity index (χ1v) is 7.16. The number of carbonyl (C=O) groups excluding carboxylic acids is 1. The molecule has 2 aromatic rings. The van der Waals surface area contributed by atoms with Crippen molar-refractivity contribution in [1.82, 2.24) is 0 Å². The minimum atomic E-state index is 0.354. The van der Waals surface area contributed by atoms with Crippen LogP contribution in [0.25, 0.3) is 0 Å². The molecular formula is C18H19NO. The molecule has 3 rings (SSSR count). The molecule has 1 aliphatic rings. The second-order valence-corrected chi connectivity index (χ2v) is 5.59. The molecule has 2 nitrogen and oxygen atoms in total. The van der Waals surface area contributed by atoms with Crippen molar-refractivity contribution in [1.29, 1.82) is 0 Å². The summed E-state index contributed by atoms with van der Waals surface area (Å²) in [5.41, 5.74) is 10.4. The van der Waals surface area contributed by atoms with Gasteiger partial charge in [-0.2, -0.15) is 0 Å². The van der Waals surface area contributed by atoms with Crippen LogP contribution in [-0.4, -0.2) is 5.78 Å². The molecule has 2 aromatic carbocycles. The summed E-state index contributed by atoms with van der Waals surface area (Å²) in [6.07, 6.45) is 3.14. The predicted octanol–water partition coefficient (Wildman–Crippen LogP) is 3.50. The van der Waals surface area contributed by atoms with Crippen LogP contribution in [0, 0.1) is 0 Å². The van der Waals surface area contributed by atoms with Crippen molar-refractivity contribution < 1.29 is 4.79 Å². The molecule has 0 fully saturated rings. The quantitative estimate of drug-likeness (QED) is 0.841. The zero-order valence-electron chi connectivity index (χ0n) is 11.5. The van der Waals surface area contributed by atoms with E-state index in [1.165, 1.54) is 11.1 Å². The maximum Gasteiger partial charge on any atom is 0.133 e. The summed E-state index contributed by atoms with van der Waals surface area (Å²) in [5, 5.41) is 0. The zero-order chi connectivity index (χ0) is 13.9. The van der Waals surface area contributed by atoms with Crippen molar-refractivity contribution in [3.8, 4) is 0 Å². The molecular weight excluding hydrogens is 246 g/mol. The smallest absolute Gasteiger partial charge is 0.133 e. The summed E-state index contributed by atoms with van der Waals surface area (Å²) in [6, 6.07) is 16.2. The van der Waals surface area contributed by atoms with Crippen LogP contribution in [0.15, 0.2) is 48.5 Å². The largest absolute Gasteiger partial charge is 0.399 e. The fourth-order valence-electron chi connectivity index (χ4n) is 2.95. The fourth-order valence-corrected chi connectivity index (χ4v) is 2.95. The van der Waals surface area contributed by atoms with Gasteiger partial charge >= 0.3 is 0 Å². The Hall–Kier alpha value is -2.09. The number of nitrogens with two attached hydrogens (primary N) is 1. The van der Waals surface area contributed by atoms with E-state index < -0.39 is 0 Å². The van der Waals surface area contributed by atoms with Crippen molar-refractivity contribution in [3.05, 3.63) is 65.2 Å². The molecule has 2 heteroatoms. The van der Waals surface area contributed by atoms with Crippen LogP contribution in [-0.2, 0) is 17.6 Å². The summed E-state index contributed by atoms with van der Waals surface area (Å²) >= 11 is 0. The third-order valence-corrected chi connectivity index (χ3v) is 4.08. The Morgan fingerprint density at radius 3 is 2.80 bits per heavy atom. The monoisotopic (exact) mass is 265 g/mol. The summed E-state index contributed by atoms with van der Waals surface area (Å²) in [5.74, 6) is 0.798. The maximum absolute atomic E-state index is 12.1. The van der Waals surface area contributed by atoms with Gasteiger partial charge in [0.2, 0.25) is 0 Å². The Labute approximate surface area is 119 Å². The van der Waals surface area contributed by atoms with Gasteiger partial charge in [-0.15, -0.1) is 0 Å². The number of carbonyl (C=O) groups is 1. The van der Waals surface area contributed by atoms with E-state index in [4.69, 9.17) is 5.73 Å². The summed E-state index contributed by atoms with van der Waals surface area (Å²) in [7, 11) is 0. The summed E-state index contributed by atoms with van der Waals surface area (Å²) in [4.78, 5) is 12.1. The lowest BCUT2D eigenvalue weighted by molar-refractivity contribution is -0.119. The number of fused-ring (bicyclic) bond motifs is 1. The molecule has 0 bridgehead atoms. The number of Topliss-reactive ketones (excluding diaryl/α,β-unsaturated/α-hetero) is 1.